The molecule has 0 bridgehead atoms. The molecule has 0 radical (unpaired) electrons. The molecule has 2 aromatic rings. The largest absolute Gasteiger partial charge is 0.507 e. The first-order valence-electron chi connectivity index (χ1n) is 11.8. The third-order valence-corrected chi connectivity index (χ3v) is 8.40. The molecule has 1 amide bonds. The Labute approximate surface area is 205 Å². The van der Waals surface area contributed by atoms with Gasteiger partial charge in [-0.3, -0.25) is 9.59 Å². The molecule has 35 heavy (non-hydrogen) atoms. The average Bonchev–Trinajstić information content (AvgIpc) is 3.14. The number of nitrogens with zero attached hydrogens (tertiary/aromatic N) is 2. The highest BCUT2D eigenvalue weighted by molar-refractivity contribution is 7.89. The fraction of sp³-hybridized carbons (Fsp3) is 0.385. The number of piperidine rings is 1. The molecule has 0 unspecified atom stereocenters. The van der Waals surface area contributed by atoms with Crippen LogP contribution in [0.4, 0.5) is 0 Å². The zero-order chi connectivity index (χ0) is 25.0. The van der Waals surface area contributed by atoms with Gasteiger partial charge in [0.15, 0.2) is 0 Å². The van der Waals surface area contributed by atoms with Crippen molar-refractivity contribution in [2.45, 2.75) is 36.6 Å². The number of aliphatic hydroxyl groups is 1. The van der Waals surface area contributed by atoms with Crippen LogP contribution in [-0.2, 0) is 24.3 Å². The second-order valence-electron chi connectivity index (χ2n) is 8.74. The lowest BCUT2D eigenvalue weighted by Crippen LogP contribution is -2.35. The van der Waals surface area contributed by atoms with Crippen molar-refractivity contribution < 1.29 is 27.9 Å². The topological polar surface area (TPSA) is 104 Å². The van der Waals surface area contributed by atoms with Crippen LogP contribution in [0.1, 0.15) is 42.9 Å². The maximum absolute atomic E-state index is 13.0. The SMILES string of the molecule is COCCCN1C(=O)C(=O)C(=C(O)c2ccc(S(=O)(=O)N3CCCCC3)cc2)[C@@H]1c1ccccc1. The Balaban J connectivity index is 1.70. The Morgan fingerprint density at radius 3 is 2.29 bits per heavy atom. The number of carbonyl (C=O) groups excluding carboxylic acids is 2. The molecule has 4 rings (SSSR count). The normalized spacial score (nSPS) is 20.9. The molecule has 2 saturated heterocycles. The molecule has 2 fully saturated rings. The summed E-state index contributed by atoms with van der Waals surface area (Å²) in [6.07, 6.45) is 3.23. The standard InChI is InChI=1S/C26H30N2O6S/c1-34-18-8-17-28-23(19-9-4-2-5-10-19)22(25(30)26(28)31)24(29)20-11-13-21(14-12-20)35(32,33)27-15-6-3-7-16-27/h2,4-5,9-14,23,29H,3,6-8,15-18H2,1H3/t23-/m0/s1. The lowest BCUT2D eigenvalue weighted by atomic mass is 9.95. The number of ether oxygens (including phenoxy) is 1. The van der Waals surface area contributed by atoms with E-state index in [0.717, 1.165) is 19.3 Å². The lowest BCUT2D eigenvalue weighted by Gasteiger charge is -2.26. The Bertz CT molecular complexity index is 1200. The Morgan fingerprint density at radius 2 is 1.66 bits per heavy atom. The molecule has 9 heteroatoms. The molecule has 8 nitrogen and oxygen atoms in total. The summed E-state index contributed by atoms with van der Waals surface area (Å²) in [6.45, 7) is 1.71. The van der Waals surface area contributed by atoms with E-state index >= 15 is 0 Å². The van der Waals surface area contributed by atoms with E-state index in [-0.39, 0.29) is 21.8 Å². The number of carbonyl (C=O) groups is 2. The molecule has 0 spiro atoms. The zero-order valence-electron chi connectivity index (χ0n) is 19.7. The van der Waals surface area contributed by atoms with E-state index in [1.54, 1.807) is 19.2 Å². The fourth-order valence-electron chi connectivity index (χ4n) is 4.67. The Morgan fingerprint density at radius 1 is 1.00 bits per heavy atom. The number of ketones is 1. The van der Waals surface area contributed by atoms with Gasteiger partial charge < -0.3 is 14.7 Å². The van der Waals surface area contributed by atoms with Gasteiger partial charge in [-0.05, 0) is 49.1 Å². The van der Waals surface area contributed by atoms with Crippen molar-refractivity contribution in [1.82, 2.24) is 9.21 Å². The molecule has 1 atom stereocenters. The van der Waals surface area contributed by atoms with Gasteiger partial charge in [-0.2, -0.15) is 4.31 Å². The highest BCUT2D eigenvalue weighted by atomic mass is 32.2. The Kier molecular flexibility index (Phi) is 7.69. The van der Waals surface area contributed by atoms with E-state index in [0.29, 0.717) is 38.2 Å². The number of benzene rings is 2. The number of rotatable bonds is 8. The molecule has 0 aromatic heterocycles. The van der Waals surface area contributed by atoms with Gasteiger partial charge in [0.1, 0.15) is 5.76 Å². The van der Waals surface area contributed by atoms with Crippen molar-refractivity contribution in [2.75, 3.05) is 33.4 Å². The van der Waals surface area contributed by atoms with Crippen molar-refractivity contribution in [2.24, 2.45) is 0 Å². The average molecular weight is 499 g/mol. The van der Waals surface area contributed by atoms with Crippen LogP contribution in [0.2, 0.25) is 0 Å². The number of Topliss-reactive ketones (excluding diaryl/α,β-unsaturated/α-hetero) is 1. The lowest BCUT2D eigenvalue weighted by molar-refractivity contribution is -0.140. The van der Waals surface area contributed by atoms with E-state index < -0.39 is 27.8 Å². The minimum absolute atomic E-state index is 0.00902. The molecule has 186 valence electrons. The molecule has 2 heterocycles. The summed E-state index contributed by atoms with van der Waals surface area (Å²) >= 11 is 0. The third-order valence-electron chi connectivity index (χ3n) is 6.48. The van der Waals surface area contributed by atoms with Gasteiger partial charge >= 0.3 is 0 Å². The van der Waals surface area contributed by atoms with E-state index in [4.69, 9.17) is 4.74 Å². The van der Waals surface area contributed by atoms with Crippen LogP contribution in [0.3, 0.4) is 0 Å². The van der Waals surface area contributed by atoms with E-state index in [1.165, 1.54) is 33.5 Å². The van der Waals surface area contributed by atoms with Crippen molar-refractivity contribution in [3.05, 3.63) is 71.3 Å². The maximum Gasteiger partial charge on any atom is 0.295 e. The van der Waals surface area contributed by atoms with Gasteiger partial charge in [0.05, 0.1) is 16.5 Å². The van der Waals surface area contributed by atoms with Gasteiger partial charge in [-0.1, -0.05) is 36.8 Å². The molecule has 0 aliphatic carbocycles. The predicted octanol–water partition coefficient (Wildman–Crippen LogP) is 3.32. The van der Waals surface area contributed by atoms with Crippen molar-refractivity contribution in [1.29, 1.82) is 0 Å². The first-order valence-corrected chi connectivity index (χ1v) is 13.2. The van der Waals surface area contributed by atoms with Crippen molar-refractivity contribution in [3.8, 4) is 0 Å². The molecule has 0 saturated carbocycles. The summed E-state index contributed by atoms with van der Waals surface area (Å²) in [4.78, 5) is 27.5. The molecule has 1 N–H and O–H groups in total. The summed E-state index contributed by atoms with van der Waals surface area (Å²) in [5, 5.41) is 11.2. The molecular weight excluding hydrogens is 468 g/mol. The number of aliphatic hydroxyl groups excluding tert-OH is 1. The van der Waals surface area contributed by atoms with Crippen molar-refractivity contribution in [3.63, 3.8) is 0 Å². The van der Waals surface area contributed by atoms with Crippen LogP contribution >= 0.6 is 0 Å². The first kappa shape index (κ1) is 25.1. The van der Waals surface area contributed by atoms with Crippen molar-refractivity contribution >= 4 is 27.5 Å². The summed E-state index contributed by atoms with van der Waals surface area (Å²) < 4.78 is 32.5. The number of methoxy groups -OCH3 is 1. The summed E-state index contributed by atoms with van der Waals surface area (Å²) in [6, 6.07) is 14.2. The van der Waals surface area contributed by atoms with E-state index in [1.807, 2.05) is 18.2 Å². The molecule has 2 aliphatic heterocycles. The van der Waals surface area contributed by atoms with E-state index in [9.17, 15) is 23.1 Å². The summed E-state index contributed by atoms with van der Waals surface area (Å²) in [5.74, 6) is -1.77. The highest BCUT2D eigenvalue weighted by Gasteiger charge is 2.45. The third kappa shape index (κ3) is 5.03. The van der Waals surface area contributed by atoms with Gasteiger partial charge in [-0.25, -0.2) is 8.42 Å². The number of hydrogen-bond acceptors (Lipinski definition) is 6. The van der Waals surface area contributed by atoms with Gasteiger partial charge in [-0.15, -0.1) is 0 Å². The number of hydrogen-bond donors (Lipinski definition) is 1. The first-order chi connectivity index (χ1) is 16.9. The summed E-state index contributed by atoms with van der Waals surface area (Å²) in [7, 11) is -2.06. The van der Waals surface area contributed by atoms with Crippen LogP contribution in [0.15, 0.2) is 65.1 Å². The second-order valence-corrected chi connectivity index (χ2v) is 10.7. The van der Waals surface area contributed by atoms with Gasteiger partial charge in [0, 0.05) is 38.9 Å². The number of amides is 1. The minimum Gasteiger partial charge on any atom is -0.507 e. The van der Waals surface area contributed by atoms with Crippen LogP contribution in [0.25, 0.3) is 5.76 Å². The van der Waals surface area contributed by atoms with Crippen LogP contribution < -0.4 is 0 Å². The van der Waals surface area contributed by atoms with Crippen LogP contribution in [-0.4, -0.2) is 67.8 Å². The van der Waals surface area contributed by atoms with Gasteiger partial charge in [0.2, 0.25) is 10.0 Å². The molecular formula is C26H30N2O6S. The molecule has 2 aromatic carbocycles. The van der Waals surface area contributed by atoms with E-state index in [2.05, 4.69) is 0 Å². The summed E-state index contributed by atoms with van der Waals surface area (Å²) in [5.41, 5.74) is 0.971. The smallest absolute Gasteiger partial charge is 0.295 e. The Hall–Kier alpha value is -3.01. The minimum atomic E-state index is -3.62. The predicted molar refractivity (Wildman–Crippen MR) is 131 cm³/mol. The molecule has 2 aliphatic rings. The number of likely N-dealkylation sites (tertiary alicyclic amines) is 1. The number of sulfonamides is 1. The quantitative estimate of drug-likeness (QED) is 0.259. The van der Waals surface area contributed by atoms with Crippen LogP contribution in [0.5, 0.6) is 0 Å². The zero-order valence-corrected chi connectivity index (χ0v) is 20.5. The van der Waals surface area contributed by atoms with Gasteiger partial charge in [0.25, 0.3) is 11.7 Å². The highest BCUT2D eigenvalue weighted by Crippen LogP contribution is 2.39. The fourth-order valence-corrected chi connectivity index (χ4v) is 6.18. The second kappa shape index (κ2) is 10.7. The van der Waals surface area contributed by atoms with Crippen LogP contribution in [0, 0.1) is 0 Å². The monoisotopic (exact) mass is 498 g/mol. The maximum atomic E-state index is 13.0.